The highest BCUT2D eigenvalue weighted by Gasteiger charge is 2.06. The smallest absolute Gasteiger partial charge is 0.219 e. The van der Waals surface area contributed by atoms with Gasteiger partial charge in [0.1, 0.15) is 0 Å². The molecule has 6 nitrogen and oxygen atoms in total. The molecular formula is C15H35N5O. The second-order valence-corrected chi connectivity index (χ2v) is 5.35. The summed E-state index contributed by atoms with van der Waals surface area (Å²) in [5, 5.41) is 6.80. The minimum atomic E-state index is 0.153. The van der Waals surface area contributed by atoms with Crippen molar-refractivity contribution in [3.8, 4) is 0 Å². The molecule has 126 valence electrons. The van der Waals surface area contributed by atoms with Gasteiger partial charge < -0.3 is 27.0 Å². The molecule has 0 aromatic rings. The first-order chi connectivity index (χ1) is 10.2. The maximum absolute atomic E-state index is 11.4. The van der Waals surface area contributed by atoms with Crippen molar-refractivity contribution in [1.29, 1.82) is 0 Å². The molecule has 1 amide bonds. The molecule has 0 fully saturated rings. The van der Waals surface area contributed by atoms with Gasteiger partial charge in [0.15, 0.2) is 0 Å². The van der Waals surface area contributed by atoms with E-state index in [0.29, 0.717) is 6.54 Å². The van der Waals surface area contributed by atoms with Crippen molar-refractivity contribution in [3.05, 3.63) is 0 Å². The zero-order chi connectivity index (χ0) is 15.8. The number of amides is 1. The first-order valence-electron chi connectivity index (χ1n) is 8.29. The largest absolute Gasteiger partial charge is 0.343 e. The first kappa shape index (κ1) is 20.3. The van der Waals surface area contributed by atoms with Crippen molar-refractivity contribution >= 4 is 5.91 Å². The Balaban J connectivity index is 3.31. The number of carbonyl (C=O) groups is 1. The molecule has 0 unspecified atom stereocenters. The van der Waals surface area contributed by atoms with Gasteiger partial charge in [-0.1, -0.05) is 0 Å². The Morgan fingerprint density at radius 3 is 1.90 bits per heavy atom. The van der Waals surface area contributed by atoms with Crippen LogP contribution < -0.4 is 22.1 Å². The first-order valence-corrected chi connectivity index (χ1v) is 8.29. The molecule has 0 aliphatic rings. The maximum atomic E-state index is 11.4. The van der Waals surface area contributed by atoms with Gasteiger partial charge in [0.05, 0.1) is 0 Å². The van der Waals surface area contributed by atoms with Gasteiger partial charge in [0.2, 0.25) is 5.91 Å². The Labute approximate surface area is 130 Å². The third kappa shape index (κ3) is 14.0. The SMILES string of the molecule is CC(=O)N(CCCN)CCCCNCCCNCCCN. The summed E-state index contributed by atoms with van der Waals surface area (Å²) in [6.07, 6.45) is 5.22. The van der Waals surface area contributed by atoms with Gasteiger partial charge >= 0.3 is 0 Å². The standard InChI is InChI=1S/C15H35N5O/c1-15(21)20(14-5-8-17)13-3-2-9-18-11-6-12-19-10-4-7-16/h18-19H,2-14,16-17H2,1H3. The normalized spacial score (nSPS) is 10.8. The van der Waals surface area contributed by atoms with Gasteiger partial charge in [-0.15, -0.1) is 0 Å². The molecule has 0 atom stereocenters. The highest BCUT2D eigenvalue weighted by molar-refractivity contribution is 5.73. The van der Waals surface area contributed by atoms with Crippen molar-refractivity contribution in [2.45, 2.75) is 39.0 Å². The van der Waals surface area contributed by atoms with E-state index in [2.05, 4.69) is 10.6 Å². The van der Waals surface area contributed by atoms with Crippen molar-refractivity contribution in [2.75, 3.05) is 52.4 Å². The van der Waals surface area contributed by atoms with Crippen molar-refractivity contribution in [1.82, 2.24) is 15.5 Å². The van der Waals surface area contributed by atoms with Crippen LogP contribution in [-0.4, -0.2) is 63.2 Å². The predicted octanol–water partition coefficient (Wildman–Crippen LogP) is -0.118. The van der Waals surface area contributed by atoms with E-state index in [1.807, 2.05) is 4.90 Å². The number of hydrogen-bond acceptors (Lipinski definition) is 5. The van der Waals surface area contributed by atoms with Gasteiger partial charge in [-0.05, 0) is 71.4 Å². The Hall–Kier alpha value is -0.690. The van der Waals surface area contributed by atoms with E-state index < -0.39 is 0 Å². The van der Waals surface area contributed by atoms with Crippen LogP contribution in [-0.2, 0) is 4.79 Å². The summed E-state index contributed by atoms with van der Waals surface area (Å²) < 4.78 is 0. The summed E-state index contributed by atoms with van der Waals surface area (Å²) in [4.78, 5) is 13.3. The molecule has 0 saturated heterocycles. The van der Waals surface area contributed by atoms with Crippen molar-refractivity contribution in [3.63, 3.8) is 0 Å². The minimum Gasteiger partial charge on any atom is -0.343 e. The maximum Gasteiger partial charge on any atom is 0.219 e. The third-order valence-electron chi connectivity index (χ3n) is 3.37. The Morgan fingerprint density at radius 1 is 0.810 bits per heavy atom. The lowest BCUT2D eigenvalue weighted by molar-refractivity contribution is -0.128. The van der Waals surface area contributed by atoms with E-state index in [1.165, 1.54) is 0 Å². The van der Waals surface area contributed by atoms with Crippen molar-refractivity contribution < 1.29 is 4.79 Å². The quantitative estimate of drug-likeness (QED) is 0.316. The Morgan fingerprint density at radius 2 is 1.33 bits per heavy atom. The number of rotatable bonds is 15. The molecule has 0 aromatic heterocycles. The fourth-order valence-electron chi connectivity index (χ4n) is 2.08. The van der Waals surface area contributed by atoms with Gasteiger partial charge in [-0.25, -0.2) is 0 Å². The molecular weight excluding hydrogens is 266 g/mol. The summed E-state index contributed by atoms with van der Waals surface area (Å²) in [6, 6.07) is 0. The Kier molecular flexibility index (Phi) is 15.2. The molecule has 0 saturated carbocycles. The van der Waals surface area contributed by atoms with Crippen LogP contribution in [0.4, 0.5) is 0 Å². The van der Waals surface area contributed by atoms with E-state index in [4.69, 9.17) is 11.5 Å². The molecule has 0 aromatic carbocycles. The van der Waals surface area contributed by atoms with Gasteiger partial charge in [-0.2, -0.15) is 0 Å². The summed E-state index contributed by atoms with van der Waals surface area (Å²) >= 11 is 0. The number of hydrogen-bond donors (Lipinski definition) is 4. The van der Waals surface area contributed by atoms with Gasteiger partial charge in [0.25, 0.3) is 0 Å². The number of nitrogens with zero attached hydrogens (tertiary/aromatic N) is 1. The average Bonchev–Trinajstić information content (AvgIpc) is 2.47. The number of carbonyl (C=O) groups excluding carboxylic acids is 1. The van der Waals surface area contributed by atoms with Gasteiger partial charge in [-0.3, -0.25) is 4.79 Å². The van der Waals surface area contributed by atoms with Gasteiger partial charge in [0, 0.05) is 20.0 Å². The molecule has 0 radical (unpaired) electrons. The molecule has 0 rings (SSSR count). The molecule has 6 N–H and O–H groups in total. The summed E-state index contributed by atoms with van der Waals surface area (Å²) in [5.74, 6) is 0.153. The van der Waals surface area contributed by atoms with Crippen LogP contribution in [0.1, 0.15) is 39.0 Å². The summed E-state index contributed by atoms with van der Waals surface area (Å²) in [5.41, 5.74) is 10.9. The van der Waals surface area contributed by atoms with Crippen LogP contribution in [0.3, 0.4) is 0 Å². The third-order valence-corrected chi connectivity index (χ3v) is 3.37. The van der Waals surface area contributed by atoms with E-state index in [1.54, 1.807) is 6.92 Å². The lowest BCUT2D eigenvalue weighted by atomic mass is 10.2. The Bertz CT molecular complexity index is 238. The van der Waals surface area contributed by atoms with E-state index in [-0.39, 0.29) is 5.91 Å². The fraction of sp³-hybridized carbons (Fsp3) is 0.933. The molecule has 0 heterocycles. The zero-order valence-corrected chi connectivity index (χ0v) is 13.7. The number of unbranched alkanes of at least 4 members (excludes halogenated alkanes) is 1. The molecule has 0 aliphatic carbocycles. The second kappa shape index (κ2) is 15.7. The minimum absolute atomic E-state index is 0.153. The van der Waals surface area contributed by atoms with Crippen LogP contribution in [0.5, 0.6) is 0 Å². The highest BCUT2D eigenvalue weighted by atomic mass is 16.2. The molecule has 0 spiro atoms. The molecule has 21 heavy (non-hydrogen) atoms. The molecule has 6 heteroatoms. The number of nitrogens with one attached hydrogen (secondary N) is 2. The van der Waals surface area contributed by atoms with Crippen LogP contribution in [0.2, 0.25) is 0 Å². The highest BCUT2D eigenvalue weighted by Crippen LogP contribution is 1.97. The van der Waals surface area contributed by atoms with Crippen LogP contribution in [0, 0.1) is 0 Å². The monoisotopic (exact) mass is 301 g/mol. The lowest BCUT2D eigenvalue weighted by Gasteiger charge is -2.20. The number of nitrogens with two attached hydrogens (primary N) is 2. The van der Waals surface area contributed by atoms with Crippen molar-refractivity contribution in [2.24, 2.45) is 11.5 Å². The molecule has 0 bridgehead atoms. The van der Waals surface area contributed by atoms with Crippen LogP contribution in [0.25, 0.3) is 0 Å². The zero-order valence-electron chi connectivity index (χ0n) is 13.7. The van der Waals surface area contributed by atoms with Crippen LogP contribution in [0.15, 0.2) is 0 Å². The van der Waals surface area contributed by atoms with E-state index in [0.717, 1.165) is 77.9 Å². The fourth-order valence-corrected chi connectivity index (χ4v) is 2.08. The molecule has 0 aliphatic heterocycles. The average molecular weight is 301 g/mol. The summed E-state index contributed by atoms with van der Waals surface area (Å²) in [6.45, 7) is 8.78. The van der Waals surface area contributed by atoms with Crippen LogP contribution >= 0.6 is 0 Å². The second-order valence-electron chi connectivity index (χ2n) is 5.35. The topological polar surface area (TPSA) is 96.4 Å². The van der Waals surface area contributed by atoms with E-state index >= 15 is 0 Å². The summed E-state index contributed by atoms with van der Waals surface area (Å²) in [7, 11) is 0. The predicted molar refractivity (Wildman–Crippen MR) is 89.2 cm³/mol. The van der Waals surface area contributed by atoms with E-state index in [9.17, 15) is 4.79 Å². The lowest BCUT2D eigenvalue weighted by Crippen LogP contribution is -2.32.